The summed E-state index contributed by atoms with van der Waals surface area (Å²) in [5.74, 6) is 0.832. The number of halogens is 1. The monoisotopic (exact) mass is 449 g/mol. The van der Waals surface area contributed by atoms with Crippen LogP contribution in [0.15, 0.2) is 58.4 Å². The Morgan fingerprint density at radius 1 is 1.10 bits per heavy atom. The number of nitrogens with zero attached hydrogens (tertiary/aromatic N) is 3. The summed E-state index contributed by atoms with van der Waals surface area (Å²) >= 11 is 6.34. The van der Waals surface area contributed by atoms with Crippen molar-refractivity contribution < 1.29 is 8.42 Å². The lowest BCUT2D eigenvalue weighted by Crippen LogP contribution is -2.52. The molecule has 9 heteroatoms. The quantitative estimate of drug-likeness (QED) is 0.523. The molecule has 0 aliphatic carbocycles. The van der Waals surface area contributed by atoms with Gasteiger partial charge < -0.3 is 15.1 Å². The Labute approximate surface area is 183 Å². The summed E-state index contributed by atoms with van der Waals surface area (Å²) in [4.78, 5) is 9.50. The van der Waals surface area contributed by atoms with Gasteiger partial charge in [0.05, 0.1) is 22.2 Å². The molecule has 0 atom stereocenters. The lowest BCUT2D eigenvalue weighted by atomic mass is 10.2. The van der Waals surface area contributed by atoms with E-state index in [1.54, 1.807) is 18.2 Å². The molecule has 0 radical (unpaired) electrons. The van der Waals surface area contributed by atoms with Gasteiger partial charge in [0.25, 0.3) is 0 Å². The van der Waals surface area contributed by atoms with Crippen LogP contribution in [0.2, 0.25) is 5.02 Å². The molecule has 0 bridgehead atoms. The van der Waals surface area contributed by atoms with Crippen LogP contribution in [0.3, 0.4) is 0 Å². The fraction of sp³-hybridized carbons (Fsp3) is 0.381. The second-order valence-corrected chi connectivity index (χ2v) is 9.24. The van der Waals surface area contributed by atoms with E-state index in [0.29, 0.717) is 6.54 Å². The van der Waals surface area contributed by atoms with Gasteiger partial charge in [-0.05, 0) is 43.8 Å². The van der Waals surface area contributed by atoms with E-state index < -0.39 is 10.0 Å². The first kappa shape index (κ1) is 22.4. The summed E-state index contributed by atoms with van der Waals surface area (Å²) < 4.78 is 26.4. The fourth-order valence-electron chi connectivity index (χ4n) is 3.39. The molecule has 1 saturated heterocycles. The summed E-state index contributed by atoms with van der Waals surface area (Å²) in [6.45, 7) is 6.55. The van der Waals surface area contributed by atoms with Crippen molar-refractivity contribution in [3.8, 4) is 0 Å². The van der Waals surface area contributed by atoms with E-state index in [0.717, 1.165) is 55.0 Å². The SMILES string of the molecule is CCNC(=NCc1cccc(S(=O)(=O)NC)c1)N1CCN(c2ccccc2Cl)CC1. The number of para-hydroxylation sites is 1. The number of piperazine rings is 1. The van der Waals surface area contributed by atoms with Gasteiger partial charge in [-0.1, -0.05) is 35.9 Å². The summed E-state index contributed by atoms with van der Waals surface area (Å²) in [5, 5.41) is 4.11. The van der Waals surface area contributed by atoms with Crippen LogP contribution in [0.25, 0.3) is 0 Å². The zero-order valence-corrected chi connectivity index (χ0v) is 18.9. The Kier molecular flexibility index (Phi) is 7.58. The van der Waals surface area contributed by atoms with Crippen LogP contribution in [0.5, 0.6) is 0 Å². The highest BCUT2D eigenvalue weighted by atomic mass is 35.5. The standard InChI is InChI=1S/C21H28ClN5O2S/c1-3-24-21(25-16-17-7-6-8-18(15-17)30(28,29)23-2)27-13-11-26(12-14-27)20-10-5-4-9-19(20)22/h4-10,15,23H,3,11-14,16H2,1-2H3,(H,24,25). The Balaban J connectivity index is 1.69. The van der Waals surface area contributed by atoms with E-state index in [9.17, 15) is 8.42 Å². The van der Waals surface area contributed by atoms with Crippen molar-refractivity contribution >= 4 is 33.3 Å². The molecule has 0 amide bonds. The molecule has 30 heavy (non-hydrogen) atoms. The molecule has 1 heterocycles. The molecule has 1 aliphatic heterocycles. The molecule has 7 nitrogen and oxygen atoms in total. The minimum absolute atomic E-state index is 0.246. The number of sulfonamides is 1. The maximum atomic E-state index is 12.0. The Bertz CT molecular complexity index is 988. The third-order valence-electron chi connectivity index (χ3n) is 5.00. The maximum Gasteiger partial charge on any atom is 0.240 e. The molecule has 2 aromatic rings. The molecule has 0 spiro atoms. The predicted molar refractivity (Wildman–Crippen MR) is 123 cm³/mol. The van der Waals surface area contributed by atoms with E-state index in [1.165, 1.54) is 7.05 Å². The molecule has 2 aromatic carbocycles. The molecule has 1 fully saturated rings. The third kappa shape index (κ3) is 5.44. The lowest BCUT2D eigenvalue weighted by Gasteiger charge is -2.38. The molecule has 162 valence electrons. The van der Waals surface area contributed by atoms with Crippen LogP contribution in [0.4, 0.5) is 5.69 Å². The van der Waals surface area contributed by atoms with Gasteiger partial charge in [-0.25, -0.2) is 18.1 Å². The Morgan fingerprint density at radius 2 is 1.83 bits per heavy atom. The summed E-state index contributed by atoms with van der Waals surface area (Å²) in [6, 6.07) is 14.8. The number of anilines is 1. The van der Waals surface area contributed by atoms with E-state index >= 15 is 0 Å². The van der Waals surface area contributed by atoms with E-state index in [-0.39, 0.29) is 4.90 Å². The number of aliphatic imine (C=N–C) groups is 1. The average molecular weight is 450 g/mol. The lowest BCUT2D eigenvalue weighted by molar-refractivity contribution is 0.372. The zero-order chi connectivity index (χ0) is 21.6. The van der Waals surface area contributed by atoms with Crippen molar-refractivity contribution in [2.24, 2.45) is 4.99 Å². The second kappa shape index (κ2) is 10.1. The van der Waals surface area contributed by atoms with Gasteiger partial charge in [-0.3, -0.25) is 0 Å². The van der Waals surface area contributed by atoms with Crippen LogP contribution >= 0.6 is 11.6 Å². The Morgan fingerprint density at radius 3 is 2.50 bits per heavy atom. The number of hydrogen-bond donors (Lipinski definition) is 2. The van der Waals surface area contributed by atoms with Gasteiger partial charge in [0.2, 0.25) is 10.0 Å². The number of hydrogen-bond acceptors (Lipinski definition) is 4. The van der Waals surface area contributed by atoms with E-state index in [2.05, 4.69) is 19.8 Å². The van der Waals surface area contributed by atoms with Crippen molar-refractivity contribution in [2.75, 3.05) is 44.7 Å². The van der Waals surface area contributed by atoms with Crippen LogP contribution in [-0.4, -0.2) is 59.0 Å². The highest BCUT2D eigenvalue weighted by molar-refractivity contribution is 7.89. The van der Waals surface area contributed by atoms with Gasteiger partial charge in [0.15, 0.2) is 5.96 Å². The van der Waals surface area contributed by atoms with Crippen molar-refractivity contribution in [3.05, 3.63) is 59.1 Å². The normalized spacial score (nSPS) is 15.4. The fourth-order valence-corrected chi connectivity index (χ4v) is 4.44. The predicted octanol–water partition coefficient (Wildman–Crippen LogP) is 2.54. The van der Waals surface area contributed by atoms with E-state index in [4.69, 9.17) is 16.6 Å². The topological polar surface area (TPSA) is 77.0 Å². The molecule has 0 saturated carbocycles. The average Bonchev–Trinajstić information content (AvgIpc) is 2.77. The van der Waals surface area contributed by atoms with E-state index in [1.807, 2.05) is 37.3 Å². The van der Waals surface area contributed by atoms with Crippen LogP contribution in [0, 0.1) is 0 Å². The number of guanidine groups is 1. The molecule has 0 unspecified atom stereocenters. The molecular weight excluding hydrogens is 422 g/mol. The minimum Gasteiger partial charge on any atom is -0.367 e. The van der Waals surface area contributed by atoms with Crippen molar-refractivity contribution in [3.63, 3.8) is 0 Å². The van der Waals surface area contributed by atoms with Gasteiger partial charge in [-0.2, -0.15) is 0 Å². The molecule has 3 rings (SSSR count). The van der Waals surface area contributed by atoms with Gasteiger partial charge in [0, 0.05) is 32.7 Å². The Hall–Kier alpha value is -2.29. The molecule has 2 N–H and O–H groups in total. The van der Waals surface area contributed by atoms with Gasteiger partial charge in [0.1, 0.15) is 0 Å². The summed E-state index contributed by atoms with van der Waals surface area (Å²) in [6.07, 6.45) is 0. The third-order valence-corrected chi connectivity index (χ3v) is 6.73. The first-order chi connectivity index (χ1) is 14.4. The number of benzene rings is 2. The largest absolute Gasteiger partial charge is 0.367 e. The van der Waals surface area contributed by atoms with Crippen LogP contribution in [-0.2, 0) is 16.6 Å². The first-order valence-corrected chi connectivity index (χ1v) is 11.9. The second-order valence-electron chi connectivity index (χ2n) is 6.95. The maximum absolute atomic E-state index is 12.0. The van der Waals surface area contributed by atoms with Crippen LogP contribution < -0.4 is 14.9 Å². The first-order valence-electron chi connectivity index (χ1n) is 10.00. The molecule has 0 aromatic heterocycles. The zero-order valence-electron chi connectivity index (χ0n) is 17.3. The number of nitrogens with one attached hydrogen (secondary N) is 2. The smallest absolute Gasteiger partial charge is 0.240 e. The highest BCUT2D eigenvalue weighted by Crippen LogP contribution is 2.26. The summed E-state index contributed by atoms with van der Waals surface area (Å²) in [7, 11) is -2.06. The summed E-state index contributed by atoms with van der Waals surface area (Å²) in [5.41, 5.74) is 1.90. The highest BCUT2D eigenvalue weighted by Gasteiger charge is 2.21. The van der Waals surface area contributed by atoms with Gasteiger partial charge >= 0.3 is 0 Å². The number of rotatable bonds is 6. The van der Waals surface area contributed by atoms with Crippen molar-refractivity contribution in [1.29, 1.82) is 0 Å². The van der Waals surface area contributed by atoms with Crippen molar-refractivity contribution in [1.82, 2.24) is 14.9 Å². The molecular formula is C21H28ClN5O2S. The minimum atomic E-state index is -3.47. The van der Waals surface area contributed by atoms with Gasteiger partial charge in [-0.15, -0.1) is 0 Å². The molecule has 1 aliphatic rings. The van der Waals surface area contributed by atoms with Crippen LogP contribution in [0.1, 0.15) is 12.5 Å². The van der Waals surface area contributed by atoms with Crippen molar-refractivity contribution in [2.45, 2.75) is 18.4 Å².